The van der Waals surface area contributed by atoms with Crippen molar-refractivity contribution < 1.29 is 90.8 Å². The summed E-state index contributed by atoms with van der Waals surface area (Å²) in [7, 11) is -4.67. The maximum atomic E-state index is 8.74. The van der Waals surface area contributed by atoms with Gasteiger partial charge in [-0.15, -0.1) is 0 Å². The van der Waals surface area contributed by atoms with E-state index >= 15 is 0 Å². The zero-order valence-electron chi connectivity index (χ0n) is 6.34. The first-order valence-corrected chi connectivity index (χ1v) is 2.71. The molecule has 4 N–H and O–H groups in total. The van der Waals surface area contributed by atoms with E-state index in [1.807, 2.05) is 0 Å². The van der Waals surface area contributed by atoms with Crippen LogP contribution in [0.5, 0.6) is 0 Å². The van der Waals surface area contributed by atoms with E-state index in [9.17, 15) is 0 Å². The second kappa shape index (κ2) is 10.7. The second-order valence-electron chi connectivity index (χ2n) is 0.698. The molecule has 0 rings (SSSR count). The second-order valence-corrected chi connectivity index (χ2v) is 1.59. The summed E-state index contributed by atoms with van der Waals surface area (Å²) < 4.78 is 31.6. The molecule has 0 unspecified atom stereocenters. The molecule has 0 heterocycles. The van der Waals surface area contributed by atoms with Crippen LogP contribution in [-0.2, 0) is 10.4 Å². The van der Waals surface area contributed by atoms with Gasteiger partial charge in [-0.25, -0.2) is 0 Å². The third-order valence-electron chi connectivity index (χ3n) is 0. The van der Waals surface area contributed by atoms with Crippen LogP contribution in [0.3, 0.4) is 0 Å². The van der Waals surface area contributed by atoms with E-state index in [4.69, 9.17) is 32.5 Å². The van der Waals surface area contributed by atoms with Gasteiger partial charge in [-0.2, -0.15) is 8.42 Å². The SMILES string of the molecule is O.O=C([O-])[O-].O=S(=O)(O)O.[H+].[K+]. The van der Waals surface area contributed by atoms with Crippen molar-refractivity contribution >= 4 is 16.6 Å². The zero-order chi connectivity index (χ0) is 8.08. The Morgan fingerprint density at radius 2 is 1.27 bits per heavy atom. The Labute approximate surface area is 106 Å². The van der Waals surface area contributed by atoms with Crippen molar-refractivity contribution in [3.8, 4) is 0 Å². The summed E-state index contributed by atoms with van der Waals surface area (Å²) >= 11 is 0. The van der Waals surface area contributed by atoms with Crippen molar-refractivity contribution in [3.63, 3.8) is 0 Å². The Morgan fingerprint density at radius 1 is 1.27 bits per heavy atom. The molecule has 10 heteroatoms. The van der Waals surface area contributed by atoms with Crippen LogP contribution in [0.2, 0.25) is 0 Å². The van der Waals surface area contributed by atoms with Gasteiger partial charge in [0.05, 0.1) is 0 Å². The number of carboxylic acid groups (broad SMARTS) is 2. The van der Waals surface area contributed by atoms with Gasteiger partial charge < -0.3 is 20.5 Å². The van der Waals surface area contributed by atoms with Gasteiger partial charge in [0.15, 0.2) is 0 Å². The van der Waals surface area contributed by atoms with E-state index in [0.29, 0.717) is 0 Å². The van der Waals surface area contributed by atoms with Crippen LogP contribution in [0.25, 0.3) is 0 Å². The van der Waals surface area contributed by atoms with Gasteiger partial charge in [-0.3, -0.25) is 9.11 Å². The van der Waals surface area contributed by atoms with Gasteiger partial charge in [0.25, 0.3) is 0 Å². The third-order valence-corrected chi connectivity index (χ3v) is 0. The molecule has 0 saturated heterocycles. The van der Waals surface area contributed by atoms with E-state index in [-0.39, 0.29) is 58.3 Å². The summed E-state index contributed by atoms with van der Waals surface area (Å²) in [5.74, 6) is 0. The van der Waals surface area contributed by atoms with Crippen molar-refractivity contribution in [2.45, 2.75) is 0 Å². The molecular weight excluding hydrogens is 211 g/mol. The summed E-state index contributed by atoms with van der Waals surface area (Å²) in [5, 5.41) is 16.7. The van der Waals surface area contributed by atoms with Gasteiger partial charge in [0, 0.05) is 0 Å². The summed E-state index contributed by atoms with van der Waals surface area (Å²) in [6.07, 6.45) is -2.33. The predicted molar refractivity (Wildman–Crippen MR) is 24.3 cm³/mol. The van der Waals surface area contributed by atoms with E-state index in [1.165, 1.54) is 0 Å². The zero-order valence-corrected chi connectivity index (χ0v) is 9.28. The molecule has 0 fully saturated rings. The fourth-order valence-electron chi connectivity index (χ4n) is 0. The Morgan fingerprint density at radius 3 is 1.27 bits per heavy atom. The topological polar surface area (TPSA) is 169 Å². The monoisotopic (exact) mass is 216 g/mol. The molecule has 0 saturated carbocycles. The Bertz CT molecular complexity index is 161. The molecule has 0 aliphatic rings. The summed E-state index contributed by atoms with van der Waals surface area (Å²) in [5.41, 5.74) is 0. The van der Waals surface area contributed by atoms with Crippen molar-refractivity contribution in [1.82, 2.24) is 0 Å². The van der Waals surface area contributed by atoms with E-state index in [2.05, 4.69) is 0 Å². The first-order valence-electron chi connectivity index (χ1n) is 1.31. The molecule has 64 valence electrons. The van der Waals surface area contributed by atoms with Crippen molar-refractivity contribution in [3.05, 3.63) is 0 Å². The molecule has 0 aromatic carbocycles. The molecule has 0 aromatic heterocycles. The molecule has 0 aliphatic carbocycles. The summed E-state index contributed by atoms with van der Waals surface area (Å²) in [6.45, 7) is 0. The van der Waals surface area contributed by atoms with Crippen LogP contribution in [0.1, 0.15) is 1.43 Å². The van der Waals surface area contributed by atoms with Gasteiger partial charge >= 0.3 is 63.2 Å². The molecule has 0 atom stereocenters. The molecule has 0 radical (unpaired) electrons. The molecule has 0 spiro atoms. The first-order chi connectivity index (χ1) is 3.73. The first kappa shape index (κ1) is 22.6. The molecule has 0 aromatic rings. The molecule has 8 nitrogen and oxygen atoms in total. The van der Waals surface area contributed by atoms with Crippen LogP contribution in [0.15, 0.2) is 0 Å². The van der Waals surface area contributed by atoms with Crippen molar-refractivity contribution in [2.24, 2.45) is 0 Å². The van der Waals surface area contributed by atoms with E-state index < -0.39 is 16.6 Å². The number of hydrogen-bond acceptors (Lipinski definition) is 5. The van der Waals surface area contributed by atoms with Crippen molar-refractivity contribution in [2.75, 3.05) is 0 Å². The van der Waals surface area contributed by atoms with Gasteiger partial charge in [-0.1, -0.05) is 0 Å². The van der Waals surface area contributed by atoms with Crippen LogP contribution in [0.4, 0.5) is 4.79 Å². The van der Waals surface area contributed by atoms with Crippen LogP contribution < -0.4 is 61.6 Å². The van der Waals surface area contributed by atoms with Gasteiger partial charge in [0.1, 0.15) is 0 Å². The maximum absolute atomic E-state index is 8.74. The normalized spacial score (nSPS) is 7.45. The number of rotatable bonds is 0. The quantitative estimate of drug-likeness (QED) is 0.299. The minimum Gasteiger partial charge on any atom is -0.652 e. The largest absolute Gasteiger partial charge is 1.00 e. The molecule has 0 aliphatic heterocycles. The fraction of sp³-hybridized carbons (Fsp3) is 0. The maximum Gasteiger partial charge on any atom is 1.00 e. The van der Waals surface area contributed by atoms with Crippen LogP contribution >= 0.6 is 0 Å². The smallest absolute Gasteiger partial charge is 0.652 e. The van der Waals surface area contributed by atoms with E-state index in [0.717, 1.165) is 0 Å². The minimum atomic E-state index is -4.67. The average molecular weight is 216 g/mol. The fourth-order valence-corrected chi connectivity index (χ4v) is 0. The van der Waals surface area contributed by atoms with Gasteiger partial charge in [0.2, 0.25) is 0 Å². The third kappa shape index (κ3) is 1510. The Kier molecular flexibility index (Phi) is 22.1. The van der Waals surface area contributed by atoms with Gasteiger partial charge in [-0.05, 0) is 6.16 Å². The van der Waals surface area contributed by atoms with Crippen molar-refractivity contribution in [1.29, 1.82) is 0 Å². The van der Waals surface area contributed by atoms with E-state index in [1.54, 1.807) is 0 Å². The average Bonchev–Trinajstić information content (AvgIpc) is 1.19. The molecular formula is CH5KO8S. The summed E-state index contributed by atoms with van der Waals surface area (Å²) in [6, 6.07) is 0. The molecule has 0 bridgehead atoms. The van der Waals surface area contributed by atoms with Crippen LogP contribution in [0, 0.1) is 0 Å². The number of hydrogen-bond donors (Lipinski definition) is 2. The Hall–Kier alpha value is 0.736. The minimum absolute atomic E-state index is 0. The Balaban J connectivity index is -0.0000000221. The van der Waals surface area contributed by atoms with Crippen LogP contribution in [-0.4, -0.2) is 29.2 Å². The molecule has 0 amide bonds. The standard InChI is InChI=1S/CH2O3.K.H2O4S.H2O/c2-1(3)4;;1-5(2,3)4;/h(H2,2,3,4);;(H2,1,2,3,4);1H2/q;+1;;/p-1. The number of carbonyl (C=O) groups excluding carboxylic acids is 1. The number of carbonyl (C=O) groups is 1. The summed E-state index contributed by atoms with van der Waals surface area (Å²) in [4.78, 5) is 8.33. The predicted octanol–water partition coefficient (Wildman–Crippen LogP) is -6.81. The molecule has 11 heavy (non-hydrogen) atoms.